The van der Waals surface area contributed by atoms with Crippen LogP contribution < -0.4 is 14.9 Å². The minimum Gasteiger partial charge on any atom is -0.355 e. The summed E-state index contributed by atoms with van der Waals surface area (Å²) < 4.78 is 26.8. The second-order valence-electron chi connectivity index (χ2n) is 7.58. The van der Waals surface area contributed by atoms with E-state index in [1.165, 1.54) is 19.4 Å². The lowest BCUT2D eigenvalue weighted by Gasteiger charge is -2.18. The molecular formula is C22H22N8O4S. The number of hydrogen-bond acceptors (Lipinski definition) is 9. The van der Waals surface area contributed by atoms with Gasteiger partial charge in [-0.3, -0.25) is 18.9 Å². The molecule has 0 aliphatic carbocycles. The van der Waals surface area contributed by atoms with Gasteiger partial charge in [0.25, 0.3) is 5.91 Å². The molecule has 1 amide bonds. The van der Waals surface area contributed by atoms with Crippen LogP contribution in [0.15, 0.2) is 48.9 Å². The average Bonchev–Trinajstić information content (AvgIpc) is 3.20. The monoisotopic (exact) mass is 494 g/mol. The van der Waals surface area contributed by atoms with Crippen molar-refractivity contribution in [1.82, 2.24) is 29.8 Å². The van der Waals surface area contributed by atoms with Gasteiger partial charge in [-0.2, -0.15) is 4.98 Å². The van der Waals surface area contributed by atoms with Crippen molar-refractivity contribution in [1.29, 1.82) is 0 Å². The van der Waals surface area contributed by atoms with Crippen molar-refractivity contribution < 1.29 is 18.0 Å². The maximum absolute atomic E-state index is 12.1. The van der Waals surface area contributed by atoms with E-state index in [1.54, 1.807) is 48.1 Å². The van der Waals surface area contributed by atoms with E-state index in [1.807, 2.05) is 0 Å². The second-order valence-corrected chi connectivity index (χ2v) is 9.60. The van der Waals surface area contributed by atoms with Gasteiger partial charge >= 0.3 is 0 Å². The zero-order valence-electron chi connectivity index (χ0n) is 19.1. The Labute approximate surface area is 201 Å². The molecule has 0 radical (unpaired) electrons. The summed E-state index contributed by atoms with van der Waals surface area (Å²) in [6, 6.07) is 8.42. The zero-order valence-corrected chi connectivity index (χ0v) is 19.9. The highest BCUT2D eigenvalue weighted by atomic mass is 32.2. The molecule has 0 fully saturated rings. The minimum atomic E-state index is -3.58. The summed E-state index contributed by atoms with van der Waals surface area (Å²) in [7, 11) is -0.631. The Hall–Kier alpha value is -4.39. The number of fused-ring (bicyclic) bond motifs is 1. The van der Waals surface area contributed by atoms with E-state index in [9.17, 15) is 18.0 Å². The normalized spacial score (nSPS) is 11.3. The molecule has 4 rings (SSSR count). The van der Waals surface area contributed by atoms with Crippen molar-refractivity contribution in [2.45, 2.75) is 6.54 Å². The van der Waals surface area contributed by atoms with Crippen LogP contribution >= 0.6 is 0 Å². The molecule has 4 aromatic rings. The molecule has 12 nitrogen and oxygen atoms in total. The largest absolute Gasteiger partial charge is 0.355 e. The topological polar surface area (TPSA) is 152 Å². The smallest absolute Gasteiger partial charge is 0.251 e. The fourth-order valence-corrected chi connectivity index (χ4v) is 3.87. The van der Waals surface area contributed by atoms with Crippen LogP contribution in [0.5, 0.6) is 0 Å². The lowest BCUT2D eigenvalue weighted by atomic mass is 10.2. The van der Waals surface area contributed by atoms with E-state index >= 15 is 0 Å². The first-order chi connectivity index (χ1) is 16.7. The third kappa shape index (κ3) is 4.94. The fraction of sp³-hybridized carbons (Fsp3) is 0.182. The number of aldehydes is 1. The number of aromatic nitrogens is 5. The van der Waals surface area contributed by atoms with Gasteiger partial charge in [0, 0.05) is 49.3 Å². The van der Waals surface area contributed by atoms with Crippen LogP contribution in [0, 0.1) is 0 Å². The van der Waals surface area contributed by atoms with Crippen LogP contribution in [0.3, 0.4) is 0 Å². The van der Waals surface area contributed by atoms with Crippen molar-refractivity contribution in [3.05, 3.63) is 65.9 Å². The molecule has 3 aromatic heterocycles. The predicted octanol–water partition coefficient (Wildman–Crippen LogP) is 1.58. The highest BCUT2D eigenvalue weighted by molar-refractivity contribution is 7.92. The van der Waals surface area contributed by atoms with Crippen LogP contribution in [-0.4, -0.2) is 65.5 Å². The highest BCUT2D eigenvalue weighted by Gasteiger charge is 2.20. The maximum Gasteiger partial charge on any atom is 0.251 e. The van der Waals surface area contributed by atoms with Crippen molar-refractivity contribution in [3.8, 4) is 0 Å². The molecular weight excluding hydrogens is 472 g/mol. The van der Waals surface area contributed by atoms with Crippen molar-refractivity contribution in [2.24, 2.45) is 0 Å². The summed E-state index contributed by atoms with van der Waals surface area (Å²) >= 11 is 0. The first-order valence-electron chi connectivity index (χ1n) is 10.4. The van der Waals surface area contributed by atoms with Crippen molar-refractivity contribution in [3.63, 3.8) is 0 Å². The molecule has 0 bridgehead atoms. The molecule has 180 valence electrons. The van der Waals surface area contributed by atoms with Gasteiger partial charge in [0.2, 0.25) is 16.0 Å². The molecule has 13 heteroatoms. The molecule has 0 spiro atoms. The molecule has 2 N–H and O–H groups in total. The standard InChI is InChI=1S/C22H22N8O4S/c1-23-21(32)14-4-6-16(7-5-14)27-22-26-11-15-10-17(13-31)30(19(15)28-22)12-18-20(25-9-8-24-18)29(2)35(3,33)34/h4-11,13H,12H2,1-3H3,(H,23,32)(H,26,27,28). The van der Waals surface area contributed by atoms with Gasteiger partial charge in [-0.25, -0.2) is 18.4 Å². The molecule has 0 saturated heterocycles. The van der Waals surface area contributed by atoms with Crippen LogP contribution in [-0.2, 0) is 16.6 Å². The van der Waals surface area contributed by atoms with Crippen molar-refractivity contribution in [2.75, 3.05) is 30.0 Å². The van der Waals surface area contributed by atoms with E-state index < -0.39 is 10.0 Å². The predicted molar refractivity (Wildman–Crippen MR) is 130 cm³/mol. The number of carbonyl (C=O) groups is 2. The molecule has 0 aliphatic heterocycles. The Kier molecular flexibility index (Phi) is 6.42. The Morgan fingerprint density at radius 3 is 2.51 bits per heavy atom. The number of carbonyl (C=O) groups excluding carboxylic acids is 2. The molecule has 0 aliphatic rings. The van der Waals surface area contributed by atoms with Crippen LogP contribution in [0.1, 0.15) is 26.5 Å². The van der Waals surface area contributed by atoms with Crippen LogP contribution in [0.4, 0.5) is 17.5 Å². The van der Waals surface area contributed by atoms with Gasteiger partial charge in [-0.1, -0.05) is 0 Å². The van der Waals surface area contributed by atoms with Crippen LogP contribution in [0.25, 0.3) is 11.0 Å². The van der Waals surface area contributed by atoms with E-state index in [0.29, 0.717) is 40.0 Å². The quantitative estimate of drug-likeness (QED) is 0.348. The number of anilines is 3. The zero-order chi connectivity index (χ0) is 25.2. The Bertz CT molecular complexity index is 1520. The van der Waals surface area contributed by atoms with Gasteiger partial charge in [-0.15, -0.1) is 0 Å². The number of hydrogen-bond donors (Lipinski definition) is 2. The molecule has 1 aromatic carbocycles. The van der Waals surface area contributed by atoms with E-state index in [0.717, 1.165) is 10.6 Å². The first kappa shape index (κ1) is 23.8. The molecule has 0 unspecified atom stereocenters. The van der Waals surface area contributed by atoms with Gasteiger partial charge in [-0.05, 0) is 30.3 Å². The fourth-order valence-electron chi connectivity index (χ4n) is 3.40. The number of rotatable bonds is 8. The number of nitrogens with one attached hydrogen (secondary N) is 2. The van der Waals surface area contributed by atoms with Crippen molar-refractivity contribution >= 4 is 50.7 Å². The lowest BCUT2D eigenvalue weighted by molar-refractivity contribution is 0.0962. The molecule has 3 heterocycles. The Balaban J connectivity index is 1.70. The summed E-state index contributed by atoms with van der Waals surface area (Å²) in [4.78, 5) is 40.8. The summed E-state index contributed by atoms with van der Waals surface area (Å²) in [5, 5.41) is 6.26. The summed E-state index contributed by atoms with van der Waals surface area (Å²) in [5.74, 6) is 0.227. The summed E-state index contributed by atoms with van der Waals surface area (Å²) in [6.07, 6.45) is 6.18. The second kappa shape index (κ2) is 9.46. The lowest BCUT2D eigenvalue weighted by Crippen LogP contribution is -2.27. The van der Waals surface area contributed by atoms with Gasteiger partial charge in [0.15, 0.2) is 12.1 Å². The van der Waals surface area contributed by atoms with Gasteiger partial charge in [0.05, 0.1) is 18.5 Å². The van der Waals surface area contributed by atoms with Gasteiger partial charge in [0.1, 0.15) is 11.3 Å². The number of sulfonamides is 1. The third-order valence-corrected chi connectivity index (χ3v) is 6.44. The number of nitrogens with zero attached hydrogens (tertiary/aromatic N) is 6. The molecule has 35 heavy (non-hydrogen) atoms. The van der Waals surface area contributed by atoms with Gasteiger partial charge < -0.3 is 15.2 Å². The number of benzene rings is 1. The van der Waals surface area contributed by atoms with E-state index in [4.69, 9.17) is 0 Å². The van der Waals surface area contributed by atoms with Crippen LogP contribution in [0.2, 0.25) is 0 Å². The first-order valence-corrected chi connectivity index (χ1v) is 12.2. The average molecular weight is 495 g/mol. The summed E-state index contributed by atoms with van der Waals surface area (Å²) in [5.41, 5.74) is 2.29. The number of amides is 1. The minimum absolute atomic E-state index is 0.0535. The highest BCUT2D eigenvalue weighted by Crippen LogP contribution is 2.24. The Morgan fingerprint density at radius 2 is 1.86 bits per heavy atom. The summed E-state index contributed by atoms with van der Waals surface area (Å²) in [6.45, 7) is 0.0535. The molecule has 0 atom stereocenters. The Morgan fingerprint density at radius 1 is 1.14 bits per heavy atom. The third-order valence-electron chi connectivity index (χ3n) is 5.27. The molecule has 0 saturated carbocycles. The van der Waals surface area contributed by atoms with E-state index in [2.05, 4.69) is 30.6 Å². The SMILES string of the molecule is CNC(=O)c1ccc(Nc2ncc3cc(C=O)n(Cc4nccnc4N(C)S(C)(=O)=O)c3n2)cc1. The maximum atomic E-state index is 12.1. The van der Waals surface area contributed by atoms with E-state index in [-0.39, 0.29) is 24.2 Å².